The molecule has 2 aromatic rings. The summed E-state index contributed by atoms with van der Waals surface area (Å²) >= 11 is 6.29. The van der Waals surface area contributed by atoms with Crippen molar-refractivity contribution in [1.29, 1.82) is 0 Å². The van der Waals surface area contributed by atoms with Crippen LogP contribution in [0.15, 0.2) is 41.4 Å². The van der Waals surface area contributed by atoms with Crippen LogP contribution in [0.1, 0.15) is 25.0 Å². The van der Waals surface area contributed by atoms with Gasteiger partial charge in [-0.25, -0.2) is 0 Å². The van der Waals surface area contributed by atoms with E-state index in [2.05, 4.69) is 30.0 Å². The van der Waals surface area contributed by atoms with Gasteiger partial charge in [0.25, 0.3) is 0 Å². The molecule has 0 fully saturated rings. The number of aryl methyl sites for hydroxylation is 1. The summed E-state index contributed by atoms with van der Waals surface area (Å²) in [5, 5.41) is 0.444. The summed E-state index contributed by atoms with van der Waals surface area (Å²) in [5.74, 6) is 3.44. The van der Waals surface area contributed by atoms with Gasteiger partial charge in [-0.05, 0) is 48.7 Å². The summed E-state index contributed by atoms with van der Waals surface area (Å²) in [6, 6.07) is 11.7. The van der Waals surface area contributed by atoms with Crippen molar-refractivity contribution in [3.63, 3.8) is 0 Å². The summed E-state index contributed by atoms with van der Waals surface area (Å²) in [7, 11) is 0. The van der Waals surface area contributed by atoms with Gasteiger partial charge in [0.05, 0.1) is 17.3 Å². The lowest BCUT2D eigenvalue weighted by molar-refractivity contribution is 0.299. The van der Waals surface area contributed by atoms with Gasteiger partial charge < -0.3 is 9.47 Å². The van der Waals surface area contributed by atoms with E-state index in [1.54, 1.807) is 12.3 Å². The van der Waals surface area contributed by atoms with Crippen molar-refractivity contribution in [2.45, 2.75) is 20.3 Å². The molecule has 3 nitrogen and oxygen atoms in total. The molecule has 124 valence electrons. The maximum atomic E-state index is 6.29. The van der Waals surface area contributed by atoms with Gasteiger partial charge >= 0.3 is 0 Å². The van der Waals surface area contributed by atoms with Crippen molar-refractivity contribution in [3.05, 3.63) is 52.5 Å². The third-order valence-corrected chi connectivity index (χ3v) is 3.62. The molecule has 0 heterocycles. The van der Waals surface area contributed by atoms with Crippen molar-refractivity contribution in [1.82, 2.24) is 0 Å². The second kappa shape index (κ2) is 9.00. The van der Waals surface area contributed by atoms with Crippen LogP contribution in [0.4, 0.5) is 5.69 Å². The zero-order valence-electron chi connectivity index (χ0n) is 13.9. The lowest BCUT2D eigenvalue weighted by atomic mass is 10.1. The van der Waals surface area contributed by atoms with Crippen LogP contribution >= 0.6 is 11.6 Å². The molecule has 0 spiro atoms. The van der Waals surface area contributed by atoms with E-state index in [1.165, 1.54) is 5.56 Å². The lowest BCUT2D eigenvalue weighted by Gasteiger charge is -2.12. The number of hydrogen-bond acceptors (Lipinski definition) is 3. The molecule has 0 radical (unpaired) electrons. The zero-order valence-corrected chi connectivity index (χ0v) is 14.6. The Bertz CT molecular complexity index is 745. The van der Waals surface area contributed by atoms with Crippen LogP contribution in [-0.2, 0) is 6.42 Å². The second-order valence-electron chi connectivity index (χ2n) is 5.03. The minimum atomic E-state index is 0.136. The topological polar surface area (TPSA) is 30.8 Å². The van der Waals surface area contributed by atoms with Crippen LogP contribution in [0.3, 0.4) is 0 Å². The average molecular weight is 342 g/mol. The Morgan fingerprint density at radius 1 is 1.17 bits per heavy atom. The Morgan fingerprint density at radius 2 is 1.92 bits per heavy atom. The standard InChI is InChI=1S/C20H20ClNO2/c1-4-11-24-20-18(21)12-16(13-19(20)23-6-3)14-22-17-9-7-15(5-2)8-10-17/h1,7-10,12-14H,5-6,11H2,2-3H3. The summed E-state index contributed by atoms with van der Waals surface area (Å²) < 4.78 is 11.1. The molecule has 0 aromatic heterocycles. The number of ether oxygens (including phenoxy) is 2. The smallest absolute Gasteiger partial charge is 0.181 e. The molecule has 0 N–H and O–H groups in total. The molecule has 0 atom stereocenters. The van der Waals surface area contributed by atoms with Gasteiger partial charge in [0, 0.05) is 6.21 Å². The van der Waals surface area contributed by atoms with Gasteiger partial charge in [-0.15, -0.1) is 6.42 Å². The van der Waals surface area contributed by atoms with E-state index in [0.29, 0.717) is 23.1 Å². The number of aliphatic imine (C=N–C) groups is 1. The number of benzene rings is 2. The largest absolute Gasteiger partial charge is 0.490 e. The molecule has 0 amide bonds. The van der Waals surface area contributed by atoms with Crippen molar-refractivity contribution >= 4 is 23.5 Å². The predicted octanol–water partition coefficient (Wildman–Crippen LogP) is 5.06. The molecule has 0 saturated heterocycles. The number of nitrogens with zero attached hydrogens (tertiary/aromatic N) is 1. The molecule has 2 rings (SSSR count). The molecule has 0 aliphatic heterocycles. The Balaban J connectivity index is 2.26. The summed E-state index contributed by atoms with van der Waals surface area (Å²) in [5.41, 5.74) is 3.00. The van der Waals surface area contributed by atoms with Crippen molar-refractivity contribution in [3.8, 4) is 23.8 Å². The molecule has 24 heavy (non-hydrogen) atoms. The molecule has 0 unspecified atom stereocenters. The maximum Gasteiger partial charge on any atom is 0.181 e. The Morgan fingerprint density at radius 3 is 2.54 bits per heavy atom. The molecule has 0 bridgehead atoms. The van der Waals surface area contributed by atoms with Gasteiger partial charge in [0.1, 0.15) is 6.61 Å². The molecule has 4 heteroatoms. The van der Waals surface area contributed by atoms with Crippen LogP contribution in [0.2, 0.25) is 5.02 Å². The normalized spacial score (nSPS) is 10.6. The molecule has 0 aliphatic rings. The molecular formula is C20H20ClNO2. The Kier molecular flexibility index (Phi) is 6.72. The number of rotatable bonds is 7. The Labute approximate surface area is 148 Å². The van der Waals surface area contributed by atoms with Gasteiger partial charge in [-0.2, -0.15) is 0 Å². The SMILES string of the molecule is C#CCOc1c(Cl)cc(C=Nc2ccc(CC)cc2)cc1OCC. The monoisotopic (exact) mass is 341 g/mol. The first-order valence-corrected chi connectivity index (χ1v) is 8.21. The third kappa shape index (κ3) is 4.78. The fourth-order valence-corrected chi connectivity index (χ4v) is 2.42. The third-order valence-electron chi connectivity index (χ3n) is 3.34. The maximum absolute atomic E-state index is 6.29. The first kappa shape index (κ1) is 17.9. The Hall–Kier alpha value is -2.44. The number of hydrogen-bond donors (Lipinski definition) is 0. The van der Waals surface area contributed by atoms with Crippen molar-refractivity contribution in [2.24, 2.45) is 4.99 Å². The fourth-order valence-electron chi connectivity index (χ4n) is 2.15. The lowest BCUT2D eigenvalue weighted by Crippen LogP contribution is -2.01. The highest BCUT2D eigenvalue weighted by molar-refractivity contribution is 6.32. The van der Waals surface area contributed by atoms with E-state index >= 15 is 0 Å². The minimum absolute atomic E-state index is 0.136. The quantitative estimate of drug-likeness (QED) is 0.520. The number of halogens is 1. The average Bonchev–Trinajstić information content (AvgIpc) is 2.60. The molecular weight excluding hydrogens is 322 g/mol. The van der Waals surface area contributed by atoms with Gasteiger partial charge in [0.2, 0.25) is 0 Å². The molecule has 0 saturated carbocycles. The summed E-state index contributed by atoms with van der Waals surface area (Å²) in [6.07, 6.45) is 7.99. The van der Waals surface area contributed by atoms with E-state index in [4.69, 9.17) is 27.5 Å². The highest BCUT2D eigenvalue weighted by Crippen LogP contribution is 2.36. The van der Waals surface area contributed by atoms with Crippen LogP contribution < -0.4 is 9.47 Å². The molecule has 2 aromatic carbocycles. The van der Waals surface area contributed by atoms with Crippen molar-refractivity contribution < 1.29 is 9.47 Å². The van der Waals surface area contributed by atoms with Crippen LogP contribution in [0, 0.1) is 12.3 Å². The van der Waals surface area contributed by atoms with E-state index < -0.39 is 0 Å². The fraction of sp³-hybridized carbons (Fsp3) is 0.250. The minimum Gasteiger partial charge on any atom is -0.490 e. The first-order valence-electron chi connectivity index (χ1n) is 7.83. The summed E-state index contributed by atoms with van der Waals surface area (Å²) in [6.45, 7) is 4.66. The van der Waals surface area contributed by atoms with E-state index in [1.807, 2.05) is 25.1 Å². The van der Waals surface area contributed by atoms with Crippen molar-refractivity contribution in [2.75, 3.05) is 13.2 Å². The highest BCUT2D eigenvalue weighted by Gasteiger charge is 2.11. The van der Waals surface area contributed by atoms with Gasteiger partial charge in [0.15, 0.2) is 11.5 Å². The zero-order chi connectivity index (χ0) is 17.4. The van der Waals surface area contributed by atoms with Crippen LogP contribution in [0.5, 0.6) is 11.5 Å². The van der Waals surface area contributed by atoms with E-state index in [-0.39, 0.29) is 6.61 Å². The van der Waals surface area contributed by atoms with Gasteiger partial charge in [-0.1, -0.05) is 36.6 Å². The molecule has 0 aliphatic carbocycles. The van der Waals surface area contributed by atoms with Crippen LogP contribution in [0.25, 0.3) is 0 Å². The first-order chi connectivity index (χ1) is 11.7. The predicted molar refractivity (Wildman–Crippen MR) is 100 cm³/mol. The second-order valence-corrected chi connectivity index (χ2v) is 5.44. The van der Waals surface area contributed by atoms with E-state index in [9.17, 15) is 0 Å². The number of terminal acetylenes is 1. The van der Waals surface area contributed by atoms with E-state index in [0.717, 1.165) is 17.7 Å². The van der Waals surface area contributed by atoms with Gasteiger partial charge in [-0.3, -0.25) is 4.99 Å². The van der Waals surface area contributed by atoms with Crippen LogP contribution in [-0.4, -0.2) is 19.4 Å². The summed E-state index contributed by atoms with van der Waals surface area (Å²) in [4.78, 5) is 4.47. The highest BCUT2D eigenvalue weighted by atomic mass is 35.5.